The summed E-state index contributed by atoms with van der Waals surface area (Å²) in [4.78, 5) is 0. The molecular weight excluding hydrogens is 277 g/mol. The molecule has 0 saturated carbocycles. The number of ether oxygens (including phenoxy) is 1. The van der Waals surface area contributed by atoms with E-state index in [1.165, 1.54) is 25.3 Å². The Balaban J connectivity index is 2.67. The van der Waals surface area contributed by atoms with Crippen LogP contribution in [0.15, 0.2) is 42.5 Å². The topological polar surface area (TPSA) is 9.23 Å². The molecule has 0 radical (unpaired) electrons. The van der Waals surface area contributed by atoms with Gasteiger partial charge in [0.15, 0.2) is 0 Å². The molecule has 0 bridgehead atoms. The van der Waals surface area contributed by atoms with Gasteiger partial charge in [0, 0.05) is 5.56 Å². The van der Waals surface area contributed by atoms with Crippen molar-refractivity contribution in [1.82, 2.24) is 0 Å². The molecule has 0 aliphatic heterocycles. The van der Waals surface area contributed by atoms with Crippen molar-refractivity contribution in [2.75, 3.05) is 7.11 Å². The predicted molar refractivity (Wildman–Crippen MR) is 68.4 cm³/mol. The van der Waals surface area contributed by atoms with Crippen LogP contribution in [0.25, 0.3) is 11.1 Å². The van der Waals surface area contributed by atoms with Crippen molar-refractivity contribution in [2.45, 2.75) is 6.18 Å². The molecule has 1 nitrogen and oxygen atoms in total. The van der Waals surface area contributed by atoms with E-state index in [1.54, 1.807) is 18.2 Å². The zero-order valence-electron chi connectivity index (χ0n) is 9.96. The van der Waals surface area contributed by atoms with Crippen molar-refractivity contribution >= 4 is 11.6 Å². The maximum absolute atomic E-state index is 13.0. The third-order valence-corrected chi connectivity index (χ3v) is 3.10. The average Bonchev–Trinajstić information content (AvgIpc) is 2.38. The third kappa shape index (κ3) is 2.68. The Morgan fingerprint density at radius 2 is 1.58 bits per heavy atom. The predicted octanol–water partition coefficient (Wildman–Crippen LogP) is 5.03. The van der Waals surface area contributed by atoms with E-state index in [2.05, 4.69) is 0 Å². The summed E-state index contributed by atoms with van der Waals surface area (Å²) in [5, 5.41) is 0.168. The molecule has 0 aromatic heterocycles. The molecule has 0 fully saturated rings. The van der Waals surface area contributed by atoms with Gasteiger partial charge >= 0.3 is 6.18 Å². The van der Waals surface area contributed by atoms with E-state index in [4.69, 9.17) is 16.3 Å². The Morgan fingerprint density at radius 1 is 0.947 bits per heavy atom. The number of methoxy groups -OCH3 is 1. The first-order valence-electron chi connectivity index (χ1n) is 5.44. The molecule has 19 heavy (non-hydrogen) atoms. The highest BCUT2D eigenvalue weighted by molar-refractivity contribution is 6.34. The van der Waals surface area contributed by atoms with Crippen molar-refractivity contribution in [3.63, 3.8) is 0 Å². The number of hydrogen-bond donors (Lipinski definition) is 0. The Bertz CT molecular complexity index is 593. The van der Waals surface area contributed by atoms with Crippen molar-refractivity contribution in [3.8, 4) is 16.9 Å². The lowest BCUT2D eigenvalue weighted by atomic mass is 9.99. The molecule has 0 unspecified atom stereocenters. The van der Waals surface area contributed by atoms with Crippen LogP contribution in [0.2, 0.25) is 5.02 Å². The molecule has 0 heterocycles. The molecule has 5 heteroatoms. The summed E-state index contributed by atoms with van der Waals surface area (Å²) in [6.07, 6.45) is -4.43. The van der Waals surface area contributed by atoms with Crippen LogP contribution in [-0.2, 0) is 6.18 Å². The van der Waals surface area contributed by atoms with Gasteiger partial charge in [-0.2, -0.15) is 13.2 Å². The van der Waals surface area contributed by atoms with Crippen molar-refractivity contribution in [2.24, 2.45) is 0 Å². The minimum absolute atomic E-state index is 0.0406. The van der Waals surface area contributed by atoms with E-state index in [9.17, 15) is 13.2 Å². The first-order valence-corrected chi connectivity index (χ1v) is 5.82. The molecule has 0 N–H and O–H groups in total. The first-order chi connectivity index (χ1) is 8.95. The molecule has 2 rings (SSSR count). The van der Waals surface area contributed by atoms with Crippen LogP contribution in [0.5, 0.6) is 5.75 Å². The Kier molecular flexibility index (Phi) is 3.71. The molecule has 0 saturated heterocycles. The van der Waals surface area contributed by atoms with Gasteiger partial charge in [0.05, 0.1) is 17.7 Å². The molecule has 0 spiro atoms. The third-order valence-electron chi connectivity index (χ3n) is 2.71. The molecule has 2 aromatic rings. The lowest BCUT2D eigenvalue weighted by molar-refractivity contribution is -0.137. The summed E-state index contributed by atoms with van der Waals surface area (Å²) in [6, 6.07) is 10.1. The van der Waals surface area contributed by atoms with E-state index < -0.39 is 11.7 Å². The maximum atomic E-state index is 13.0. The van der Waals surface area contributed by atoms with Crippen LogP contribution in [0, 0.1) is 0 Å². The Labute approximate surface area is 113 Å². The molecule has 0 aliphatic carbocycles. The highest BCUT2D eigenvalue weighted by atomic mass is 35.5. The fraction of sp³-hybridized carbons (Fsp3) is 0.143. The normalized spacial score (nSPS) is 11.4. The van der Waals surface area contributed by atoms with Gasteiger partial charge in [0.1, 0.15) is 5.75 Å². The first kappa shape index (κ1) is 13.7. The largest absolute Gasteiger partial charge is 0.495 e. The molecule has 0 amide bonds. The second-order valence-electron chi connectivity index (χ2n) is 3.87. The lowest BCUT2D eigenvalue weighted by Crippen LogP contribution is -2.07. The van der Waals surface area contributed by atoms with Gasteiger partial charge in [-0.3, -0.25) is 0 Å². The summed E-state index contributed by atoms with van der Waals surface area (Å²) in [5.74, 6) is 0.344. The Hall–Kier alpha value is -1.68. The summed E-state index contributed by atoms with van der Waals surface area (Å²) in [5.41, 5.74) is -0.377. The van der Waals surface area contributed by atoms with Gasteiger partial charge in [0.25, 0.3) is 0 Å². The number of hydrogen-bond acceptors (Lipinski definition) is 1. The van der Waals surface area contributed by atoms with Gasteiger partial charge in [-0.15, -0.1) is 0 Å². The Morgan fingerprint density at radius 3 is 2.21 bits per heavy atom. The quantitative estimate of drug-likeness (QED) is 0.752. The molecule has 0 aliphatic rings. The van der Waals surface area contributed by atoms with Gasteiger partial charge in [-0.05, 0) is 17.7 Å². The fourth-order valence-corrected chi connectivity index (χ4v) is 2.15. The number of alkyl halides is 3. The van der Waals surface area contributed by atoms with Crippen LogP contribution >= 0.6 is 11.6 Å². The molecule has 0 atom stereocenters. The van der Waals surface area contributed by atoms with E-state index in [1.807, 2.05) is 0 Å². The summed E-state index contributed by atoms with van der Waals surface area (Å²) in [6.45, 7) is 0. The SMILES string of the molecule is COc1cccc(-c2ccccc2C(F)(F)F)c1Cl. The van der Waals surface area contributed by atoms with Crippen molar-refractivity contribution in [3.05, 3.63) is 53.1 Å². The zero-order valence-corrected chi connectivity index (χ0v) is 10.7. The van der Waals surface area contributed by atoms with Crippen LogP contribution in [-0.4, -0.2) is 7.11 Å². The highest BCUT2D eigenvalue weighted by Gasteiger charge is 2.33. The van der Waals surface area contributed by atoms with Gasteiger partial charge in [-0.1, -0.05) is 41.9 Å². The molecule has 100 valence electrons. The van der Waals surface area contributed by atoms with E-state index in [-0.39, 0.29) is 10.6 Å². The van der Waals surface area contributed by atoms with E-state index in [0.717, 1.165) is 6.07 Å². The maximum Gasteiger partial charge on any atom is 0.417 e. The van der Waals surface area contributed by atoms with Gasteiger partial charge < -0.3 is 4.74 Å². The highest BCUT2D eigenvalue weighted by Crippen LogP contribution is 2.41. The number of benzene rings is 2. The van der Waals surface area contributed by atoms with Gasteiger partial charge in [0.2, 0.25) is 0 Å². The van der Waals surface area contributed by atoms with Crippen molar-refractivity contribution < 1.29 is 17.9 Å². The van der Waals surface area contributed by atoms with Crippen LogP contribution < -0.4 is 4.74 Å². The fourth-order valence-electron chi connectivity index (χ4n) is 1.84. The van der Waals surface area contributed by atoms with Crippen molar-refractivity contribution in [1.29, 1.82) is 0 Å². The van der Waals surface area contributed by atoms with Crippen LogP contribution in [0.3, 0.4) is 0 Å². The molecule has 2 aromatic carbocycles. The lowest BCUT2D eigenvalue weighted by Gasteiger charge is -2.15. The minimum atomic E-state index is -4.43. The summed E-state index contributed by atoms with van der Waals surface area (Å²) in [7, 11) is 1.42. The van der Waals surface area contributed by atoms with E-state index in [0.29, 0.717) is 11.3 Å². The zero-order chi connectivity index (χ0) is 14.0. The van der Waals surface area contributed by atoms with Crippen LogP contribution in [0.1, 0.15) is 5.56 Å². The number of rotatable bonds is 2. The second kappa shape index (κ2) is 5.13. The summed E-state index contributed by atoms with van der Waals surface area (Å²) >= 11 is 6.07. The smallest absolute Gasteiger partial charge is 0.417 e. The average molecular weight is 287 g/mol. The van der Waals surface area contributed by atoms with E-state index >= 15 is 0 Å². The van der Waals surface area contributed by atoms with Gasteiger partial charge in [-0.25, -0.2) is 0 Å². The number of halogens is 4. The van der Waals surface area contributed by atoms with Crippen LogP contribution in [0.4, 0.5) is 13.2 Å². The standard InChI is InChI=1S/C14H10ClF3O/c1-19-12-8-4-6-10(13(12)15)9-5-2-3-7-11(9)14(16,17)18/h2-8H,1H3. The monoisotopic (exact) mass is 286 g/mol. The second-order valence-corrected chi connectivity index (χ2v) is 4.24. The summed E-state index contributed by atoms with van der Waals surface area (Å²) < 4.78 is 43.9. The minimum Gasteiger partial charge on any atom is -0.495 e. The molecular formula is C14H10ClF3O.